The highest BCUT2D eigenvalue weighted by Crippen LogP contribution is 2.71. The first-order chi connectivity index (χ1) is 15.4. The third-order valence-corrected chi connectivity index (χ3v) is 9.69. The van der Waals surface area contributed by atoms with Crippen molar-refractivity contribution in [3.05, 3.63) is 11.6 Å². The molecule has 1 heterocycles. The number of carbonyl (C=O) groups excluding carboxylic acids is 1. The quantitative estimate of drug-likeness (QED) is 0.468. The molecule has 4 fully saturated rings. The van der Waals surface area contributed by atoms with Crippen LogP contribution in [0.15, 0.2) is 11.6 Å². The smallest absolute Gasteiger partial charge is 0.331 e. The molecule has 3 saturated carbocycles. The summed E-state index contributed by atoms with van der Waals surface area (Å²) in [5, 5.41) is 21.3. The monoisotopic (exact) mass is 464 g/mol. The lowest BCUT2D eigenvalue weighted by molar-refractivity contribution is -0.328. The third-order valence-electron chi connectivity index (χ3n) is 9.69. The van der Waals surface area contributed by atoms with Gasteiger partial charge in [-0.1, -0.05) is 39.7 Å². The fourth-order valence-corrected chi connectivity index (χ4v) is 7.38. The Balaban J connectivity index is 1.57. The van der Waals surface area contributed by atoms with Gasteiger partial charge in [-0.2, -0.15) is 0 Å². The zero-order valence-electron chi connectivity index (χ0n) is 21.4. The maximum Gasteiger partial charge on any atom is 0.331 e. The van der Waals surface area contributed by atoms with Crippen molar-refractivity contribution in [3.63, 3.8) is 0 Å². The maximum absolute atomic E-state index is 12.5. The van der Waals surface area contributed by atoms with Gasteiger partial charge in [-0.25, -0.2) is 4.79 Å². The number of aliphatic hydroxyl groups excluding tert-OH is 2. The molecule has 1 saturated heterocycles. The molecule has 3 aliphatic carbocycles. The Hall–Kier alpha value is -0.950. The minimum atomic E-state index is -1.27. The summed E-state index contributed by atoms with van der Waals surface area (Å²) < 4.78 is 18.4. The van der Waals surface area contributed by atoms with E-state index < -0.39 is 42.3 Å². The molecule has 0 spiro atoms. The van der Waals surface area contributed by atoms with E-state index in [2.05, 4.69) is 27.7 Å². The van der Waals surface area contributed by atoms with Crippen molar-refractivity contribution < 1.29 is 29.2 Å². The van der Waals surface area contributed by atoms with Crippen molar-refractivity contribution in [1.82, 2.24) is 0 Å². The Morgan fingerprint density at radius 3 is 2.45 bits per heavy atom. The molecule has 6 heteroatoms. The molecule has 6 nitrogen and oxygen atoms in total. The van der Waals surface area contributed by atoms with Crippen LogP contribution in [0.3, 0.4) is 0 Å². The highest BCUT2D eigenvalue weighted by atomic mass is 16.7. The first kappa shape index (κ1) is 25.2. The lowest BCUT2D eigenvalue weighted by Gasteiger charge is -2.47. The zero-order chi connectivity index (χ0) is 24.3. The standard InChI is InChI=1S/C27H44O6/c1-8-14(2)13-19(28)32-24-23(30)22(29)16(4)31-25(24)33-27(7)12-11-18-21(26(18,5)6)20-15(3)9-10-17(20)27/h13,15-18,20-25,29-30H,8-12H2,1-7H3/b14-13+/t15-,16-,17+,18-,20-,21-,22+,23+,24-,25+,27?/m1/s1. The lowest BCUT2D eigenvalue weighted by Crippen LogP contribution is -2.61. The van der Waals surface area contributed by atoms with Crippen molar-refractivity contribution in [1.29, 1.82) is 0 Å². The molecule has 0 aromatic rings. The molecule has 1 aliphatic heterocycles. The number of ether oxygens (including phenoxy) is 3. The Morgan fingerprint density at radius 2 is 1.79 bits per heavy atom. The molecule has 4 rings (SSSR count). The summed E-state index contributed by atoms with van der Waals surface area (Å²) in [5.74, 6) is 2.61. The van der Waals surface area contributed by atoms with E-state index in [0.717, 1.165) is 43.1 Å². The van der Waals surface area contributed by atoms with Gasteiger partial charge in [0.25, 0.3) is 0 Å². The van der Waals surface area contributed by atoms with Crippen molar-refractivity contribution in [2.24, 2.45) is 35.0 Å². The largest absolute Gasteiger partial charge is 0.451 e. The van der Waals surface area contributed by atoms with Crippen LogP contribution in [0.1, 0.15) is 80.6 Å². The van der Waals surface area contributed by atoms with E-state index in [4.69, 9.17) is 14.2 Å². The minimum absolute atomic E-state index is 0.403. The number of rotatable bonds is 5. The molecule has 0 amide bonds. The molecular formula is C27H44O6. The Labute approximate surface area is 199 Å². The topological polar surface area (TPSA) is 85.2 Å². The number of aliphatic hydroxyl groups is 2. The van der Waals surface area contributed by atoms with E-state index in [-0.39, 0.29) is 0 Å². The molecule has 0 radical (unpaired) electrons. The Kier molecular flexibility index (Phi) is 6.80. The summed E-state index contributed by atoms with van der Waals surface area (Å²) >= 11 is 0. The van der Waals surface area contributed by atoms with E-state index in [1.807, 2.05) is 13.8 Å². The molecule has 4 aliphatic rings. The number of esters is 1. The van der Waals surface area contributed by atoms with Crippen LogP contribution in [-0.2, 0) is 19.0 Å². The number of hydrogen-bond donors (Lipinski definition) is 2. The Bertz CT molecular complexity index is 777. The van der Waals surface area contributed by atoms with Crippen LogP contribution < -0.4 is 0 Å². The molecule has 0 aromatic carbocycles. The molecule has 188 valence electrons. The summed E-state index contributed by atoms with van der Waals surface area (Å²) in [6, 6.07) is 0. The van der Waals surface area contributed by atoms with Crippen LogP contribution in [0.4, 0.5) is 0 Å². The number of carbonyl (C=O) groups is 1. The molecular weight excluding hydrogens is 420 g/mol. The van der Waals surface area contributed by atoms with Crippen molar-refractivity contribution in [3.8, 4) is 0 Å². The predicted molar refractivity (Wildman–Crippen MR) is 125 cm³/mol. The predicted octanol–water partition coefficient (Wildman–Crippen LogP) is 4.22. The molecule has 0 aromatic heterocycles. The highest BCUT2D eigenvalue weighted by Gasteiger charge is 2.67. The number of allylic oxidation sites excluding steroid dienone is 1. The second-order valence-corrected chi connectivity index (χ2v) is 12.1. The normalized spacial score (nSPS) is 49.1. The molecule has 1 unspecified atom stereocenters. The van der Waals surface area contributed by atoms with Crippen LogP contribution in [0.2, 0.25) is 0 Å². The Morgan fingerprint density at radius 1 is 1.09 bits per heavy atom. The van der Waals surface area contributed by atoms with E-state index in [0.29, 0.717) is 23.2 Å². The first-order valence-corrected chi connectivity index (χ1v) is 13.0. The van der Waals surface area contributed by atoms with Gasteiger partial charge in [0.05, 0.1) is 11.7 Å². The molecule has 0 bridgehead atoms. The zero-order valence-corrected chi connectivity index (χ0v) is 21.4. The third kappa shape index (κ3) is 4.41. The van der Waals surface area contributed by atoms with Gasteiger partial charge in [-0.15, -0.1) is 0 Å². The fourth-order valence-electron chi connectivity index (χ4n) is 7.38. The van der Waals surface area contributed by atoms with Gasteiger partial charge in [0.15, 0.2) is 12.4 Å². The van der Waals surface area contributed by atoms with Gasteiger partial charge in [-0.3, -0.25) is 0 Å². The van der Waals surface area contributed by atoms with Crippen molar-refractivity contribution in [2.75, 3.05) is 0 Å². The van der Waals surface area contributed by atoms with Gasteiger partial charge in [0.1, 0.15) is 12.2 Å². The summed E-state index contributed by atoms with van der Waals surface area (Å²) in [6.45, 7) is 14.9. The fraction of sp³-hybridized carbons (Fsp3) is 0.889. The second-order valence-electron chi connectivity index (χ2n) is 12.1. The summed E-state index contributed by atoms with van der Waals surface area (Å²) in [6.07, 6.45) is 1.52. The minimum Gasteiger partial charge on any atom is -0.451 e. The number of fused-ring (bicyclic) bond motifs is 3. The van der Waals surface area contributed by atoms with Gasteiger partial charge < -0.3 is 24.4 Å². The first-order valence-electron chi connectivity index (χ1n) is 13.0. The van der Waals surface area contributed by atoms with Gasteiger partial charge in [0.2, 0.25) is 0 Å². The average molecular weight is 465 g/mol. The van der Waals surface area contributed by atoms with E-state index in [9.17, 15) is 15.0 Å². The molecule has 2 N–H and O–H groups in total. The summed E-state index contributed by atoms with van der Waals surface area (Å²) in [4.78, 5) is 12.5. The summed E-state index contributed by atoms with van der Waals surface area (Å²) in [5.41, 5.74) is 0.865. The van der Waals surface area contributed by atoms with Crippen LogP contribution in [0.5, 0.6) is 0 Å². The van der Waals surface area contributed by atoms with Gasteiger partial charge in [0, 0.05) is 6.08 Å². The molecule has 33 heavy (non-hydrogen) atoms. The van der Waals surface area contributed by atoms with Gasteiger partial charge in [-0.05, 0) is 81.5 Å². The molecule has 11 atom stereocenters. The highest BCUT2D eigenvalue weighted by molar-refractivity contribution is 5.82. The SMILES string of the molecule is CC/C(C)=C/C(=O)O[C@H]1[C@H](OC2(C)CC[C@@H]3[C@H]([C@@H]4[C@H](C)CC[C@@H]42)C3(C)C)O[C@H](C)[C@H](O)[C@@H]1O. The van der Waals surface area contributed by atoms with Crippen LogP contribution in [-0.4, -0.2) is 52.5 Å². The van der Waals surface area contributed by atoms with E-state index >= 15 is 0 Å². The average Bonchev–Trinajstić information content (AvgIpc) is 3.12. The van der Waals surface area contributed by atoms with Crippen molar-refractivity contribution >= 4 is 5.97 Å². The lowest BCUT2D eigenvalue weighted by atomic mass is 9.74. The van der Waals surface area contributed by atoms with Crippen LogP contribution in [0.25, 0.3) is 0 Å². The van der Waals surface area contributed by atoms with Gasteiger partial charge >= 0.3 is 5.97 Å². The second kappa shape index (κ2) is 8.92. The van der Waals surface area contributed by atoms with Crippen LogP contribution in [0, 0.1) is 35.0 Å². The number of hydrogen-bond acceptors (Lipinski definition) is 6. The maximum atomic E-state index is 12.5. The van der Waals surface area contributed by atoms with Crippen LogP contribution >= 0.6 is 0 Å². The van der Waals surface area contributed by atoms with E-state index in [1.165, 1.54) is 12.5 Å². The van der Waals surface area contributed by atoms with Crippen molar-refractivity contribution in [2.45, 2.75) is 117 Å². The van der Waals surface area contributed by atoms with E-state index in [1.54, 1.807) is 6.92 Å². The summed E-state index contributed by atoms with van der Waals surface area (Å²) in [7, 11) is 0.